The molecule has 1 N–H and O–H groups in total. The fourth-order valence-electron chi connectivity index (χ4n) is 2.32. The molecule has 0 aliphatic heterocycles. The van der Waals surface area contributed by atoms with Crippen molar-refractivity contribution >= 4 is 35.2 Å². The van der Waals surface area contributed by atoms with E-state index in [1.807, 2.05) is 30.3 Å². The predicted octanol–water partition coefficient (Wildman–Crippen LogP) is 3.55. The van der Waals surface area contributed by atoms with E-state index in [9.17, 15) is 19.7 Å². The molecule has 0 heterocycles. The zero-order valence-corrected chi connectivity index (χ0v) is 15.9. The van der Waals surface area contributed by atoms with Crippen LogP contribution in [-0.4, -0.2) is 29.4 Å². The topological polar surface area (TPSA) is 98.5 Å². The highest BCUT2D eigenvalue weighted by molar-refractivity contribution is 6.32. The Balaban J connectivity index is 1.82. The quantitative estimate of drug-likeness (QED) is 0.315. The molecule has 0 saturated carbocycles. The Bertz CT molecular complexity index is 883. The van der Waals surface area contributed by atoms with Crippen molar-refractivity contribution in [3.05, 3.63) is 80.9 Å². The maximum atomic E-state index is 12.0. The first-order chi connectivity index (χ1) is 13.4. The van der Waals surface area contributed by atoms with Crippen molar-refractivity contribution in [2.45, 2.75) is 19.4 Å². The van der Waals surface area contributed by atoms with Gasteiger partial charge in [-0.25, -0.2) is 4.79 Å². The van der Waals surface area contributed by atoms with E-state index < -0.39 is 22.9 Å². The molecule has 0 radical (unpaired) electrons. The van der Waals surface area contributed by atoms with E-state index in [0.717, 1.165) is 11.6 Å². The van der Waals surface area contributed by atoms with E-state index in [1.54, 1.807) is 0 Å². The van der Waals surface area contributed by atoms with Crippen LogP contribution in [0.2, 0.25) is 5.02 Å². The van der Waals surface area contributed by atoms with E-state index in [0.29, 0.717) is 18.5 Å². The monoisotopic (exact) mass is 402 g/mol. The molecule has 2 aromatic carbocycles. The predicted molar refractivity (Wildman–Crippen MR) is 106 cm³/mol. The molecule has 0 fully saturated rings. The molecule has 0 spiro atoms. The Labute approximate surface area is 167 Å². The van der Waals surface area contributed by atoms with E-state index in [-0.39, 0.29) is 10.7 Å². The number of ether oxygens (including phenoxy) is 1. The van der Waals surface area contributed by atoms with Crippen molar-refractivity contribution in [3.8, 4) is 0 Å². The summed E-state index contributed by atoms with van der Waals surface area (Å²) in [5, 5.41) is 13.6. The molecule has 1 unspecified atom stereocenters. The summed E-state index contributed by atoms with van der Waals surface area (Å²) >= 11 is 5.74. The smallest absolute Gasteiger partial charge is 0.331 e. The third kappa shape index (κ3) is 6.51. The number of nitro benzene ring substituents is 1. The number of amides is 1. The maximum absolute atomic E-state index is 12.0. The largest absolute Gasteiger partial charge is 0.449 e. The Morgan fingerprint density at radius 1 is 1.25 bits per heavy atom. The molecular formula is C20H19ClN2O5. The van der Waals surface area contributed by atoms with Crippen LogP contribution >= 0.6 is 11.6 Å². The summed E-state index contributed by atoms with van der Waals surface area (Å²) in [5.74, 6) is -1.14. The van der Waals surface area contributed by atoms with Crippen LogP contribution in [0.4, 0.5) is 5.69 Å². The van der Waals surface area contributed by atoms with Crippen LogP contribution in [0.3, 0.4) is 0 Å². The lowest BCUT2D eigenvalue weighted by molar-refractivity contribution is -0.384. The molecule has 0 aromatic heterocycles. The van der Waals surface area contributed by atoms with Crippen LogP contribution in [-0.2, 0) is 20.7 Å². The summed E-state index contributed by atoms with van der Waals surface area (Å²) in [6.45, 7) is 1.89. The van der Waals surface area contributed by atoms with Crippen LogP contribution in [0.15, 0.2) is 54.6 Å². The van der Waals surface area contributed by atoms with E-state index in [2.05, 4.69) is 5.32 Å². The first kappa shape index (κ1) is 21.1. The molecule has 0 aliphatic carbocycles. The third-order valence-electron chi connectivity index (χ3n) is 3.80. The van der Waals surface area contributed by atoms with Crippen molar-refractivity contribution < 1.29 is 19.2 Å². The van der Waals surface area contributed by atoms with Gasteiger partial charge in [0.15, 0.2) is 6.10 Å². The molecular weight excluding hydrogens is 384 g/mol. The number of halogens is 1. The van der Waals surface area contributed by atoms with Gasteiger partial charge in [-0.2, -0.15) is 0 Å². The van der Waals surface area contributed by atoms with Crippen molar-refractivity contribution in [2.24, 2.45) is 0 Å². The van der Waals surface area contributed by atoms with Gasteiger partial charge in [-0.15, -0.1) is 0 Å². The SMILES string of the molecule is CC(OC(=O)/C=C/c1ccc(Cl)c([N+](=O)[O-])c1)C(=O)NCCc1ccccc1. The van der Waals surface area contributed by atoms with Gasteiger partial charge in [0, 0.05) is 18.7 Å². The minimum atomic E-state index is -0.965. The molecule has 7 nitrogen and oxygen atoms in total. The van der Waals surface area contributed by atoms with Crippen LogP contribution in [0, 0.1) is 10.1 Å². The van der Waals surface area contributed by atoms with Gasteiger partial charge in [0.25, 0.3) is 11.6 Å². The number of carbonyl (C=O) groups excluding carboxylic acids is 2. The highest BCUT2D eigenvalue weighted by atomic mass is 35.5. The Hall–Kier alpha value is -3.19. The van der Waals surface area contributed by atoms with Crippen molar-refractivity contribution in [3.63, 3.8) is 0 Å². The van der Waals surface area contributed by atoms with Crippen LogP contribution < -0.4 is 5.32 Å². The fraction of sp³-hybridized carbons (Fsp3) is 0.200. The zero-order valence-electron chi connectivity index (χ0n) is 15.1. The Morgan fingerprint density at radius 2 is 1.96 bits per heavy atom. The second-order valence-corrected chi connectivity index (χ2v) is 6.31. The molecule has 0 bridgehead atoms. The lowest BCUT2D eigenvalue weighted by atomic mass is 10.1. The highest BCUT2D eigenvalue weighted by Gasteiger charge is 2.16. The molecule has 1 amide bonds. The maximum Gasteiger partial charge on any atom is 0.331 e. The average molecular weight is 403 g/mol. The number of esters is 1. The van der Waals surface area contributed by atoms with Crippen LogP contribution in [0.5, 0.6) is 0 Å². The number of carbonyl (C=O) groups is 2. The van der Waals surface area contributed by atoms with Gasteiger partial charge < -0.3 is 10.1 Å². The van der Waals surface area contributed by atoms with E-state index in [1.165, 1.54) is 31.2 Å². The van der Waals surface area contributed by atoms with E-state index >= 15 is 0 Å². The molecule has 8 heteroatoms. The van der Waals surface area contributed by atoms with E-state index in [4.69, 9.17) is 16.3 Å². The second-order valence-electron chi connectivity index (χ2n) is 5.91. The number of nitrogens with zero attached hydrogens (tertiary/aromatic N) is 1. The number of nitro groups is 1. The summed E-state index contributed by atoms with van der Waals surface area (Å²) in [4.78, 5) is 34.1. The number of benzene rings is 2. The standard InChI is InChI=1S/C20H19ClN2O5/c1-14(20(25)22-12-11-15-5-3-2-4-6-15)28-19(24)10-8-16-7-9-17(21)18(13-16)23(26)27/h2-10,13-14H,11-12H2,1H3,(H,22,25)/b10-8+. The van der Waals surface area contributed by atoms with Crippen LogP contribution in [0.25, 0.3) is 6.08 Å². The van der Waals surface area contributed by atoms with Gasteiger partial charge in [-0.1, -0.05) is 48.0 Å². The summed E-state index contributed by atoms with van der Waals surface area (Å²) in [6, 6.07) is 13.8. The molecule has 146 valence electrons. The first-order valence-electron chi connectivity index (χ1n) is 8.51. The summed E-state index contributed by atoms with van der Waals surface area (Å²) < 4.78 is 5.04. The van der Waals surface area contributed by atoms with Gasteiger partial charge in [0.2, 0.25) is 0 Å². The van der Waals surface area contributed by atoms with Crippen molar-refractivity contribution in [1.29, 1.82) is 0 Å². The number of nitrogens with one attached hydrogen (secondary N) is 1. The lowest BCUT2D eigenvalue weighted by Crippen LogP contribution is -2.36. The second kappa shape index (κ2) is 10.2. The third-order valence-corrected chi connectivity index (χ3v) is 4.12. The fourth-order valence-corrected chi connectivity index (χ4v) is 2.51. The van der Waals surface area contributed by atoms with Gasteiger partial charge >= 0.3 is 5.97 Å². The van der Waals surface area contributed by atoms with Crippen molar-refractivity contribution in [1.82, 2.24) is 5.32 Å². The molecule has 28 heavy (non-hydrogen) atoms. The first-order valence-corrected chi connectivity index (χ1v) is 8.89. The average Bonchev–Trinajstić information content (AvgIpc) is 2.67. The molecule has 1 atom stereocenters. The summed E-state index contributed by atoms with van der Waals surface area (Å²) in [6.07, 6.45) is 2.15. The number of hydrogen-bond donors (Lipinski definition) is 1. The minimum absolute atomic E-state index is 0.00511. The number of rotatable bonds is 8. The van der Waals surface area contributed by atoms with Gasteiger partial charge in [0.05, 0.1) is 4.92 Å². The molecule has 0 saturated heterocycles. The normalized spacial score (nSPS) is 11.8. The van der Waals surface area contributed by atoms with Gasteiger partial charge in [-0.05, 0) is 36.6 Å². The molecule has 0 aliphatic rings. The molecule has 2 rings (SSSR count). The Morgan fingerprint density at radius 3 is 2.64 bits per heavy atom. The number of hydrogen-bond acceptors (Lipinski definition) is 5. The van der Waals surface area contributed by atoms with Gasteiger partial charge in [-0.3, -0.25) is 14.9 Å². The summed E-state index contributed by atoms with van der Waals surface area (Å²) in [7, 11) is 0. The molecule has 2 aromatic rings. The minimum Gasteiger partial charge on any atom is -0.449 e. The summed E-state index contributed by atoms with van der Waals surface area (Å²) in [5.41, 5.74) is 1.24. The van der Waals surface area contributed by atoms with Crippen molar-refractivity contribution in [2.75, 3.05) is 6.54 Å². The zero-order chi connectivity index (χ0) is 20.5. The highest BCUT2D eigenvalue weighted by Crippen LogP contribution is 2.25. The lowest BCUT2D eigenvalue weighted by Gasteiger charge is -2.12. The van der Waals surface area contributed by atoms with Crippen LogP contribution in [0.1, 0.15) is 18.1 Å². The van der Waals surface area contributed by atoms with Gasteiger partial charge in [0.1, 0.15) is 5.02 Å². The Kier molecular flexibility index (Phi) is 7.71.